The molecule has 2 aromatic heterocycles. The van der Waals surface area contributed by atoms with Gasteiger partial charge in [0, 0.05) is 5.41 Å². The molecule has 5 atom stereocenters. The maximum Gasteiger partial charge on any atom is 0.326 e. The summed E-state index contributed by atoms with van der Waals surface area (Å²) >= 11 is 0. The number of nitrogens with zero attached hydrogens (tertiary/aromatic N) is 4. The van der Waals surface area contributed by atoms with Gasteiger partial charge in [-0.3, -0.25) is 4.57 Å². The number of hydrogen-bond donors (Lipinski definition) is 5. The maximum absolute atomic E-state index is 11.4. The Labute approximate surface area is 130 Å². The summed E-state index contributed by atoms with van der Waals surface area (Å²) in [5.41, 5.74) is 5.60. The van der Waals surface area contributed by atoms with Gasteiger partial charge in [0.25, 0.3) is 0 Å². The van der Waals surface area contributed by atoms with Gasteiger partial charge in [0.15, 0.2) is 11.5 Å². The van der Waals surface area contributed by atoms with E-state index in [9.17, 15) is 24.6 Å². The lowest BCUT2D eigenvalue weighted by molar-refractivity contribution is -0.0137. The zero-order valence-corrected chi connectivity index (χ0v) is 12.8. The average Bonchev–Trinajstić information content (AvgIpc) is 2.89. The highest BCUT2D eigenvalue weighted by atomic mass is 31.2. The molecule has 0 bridgehead atoms. The number of hydrogen-bond acceptors (Lipinski definition) is 7. The Hall–Kier alpha value is -1.58. The molecule has 2 aliphatic rings. The monoisotopic (exact) mass is 341 g/mol. The van der Waals surface area contributed by atoms with E-state index in [4.69, 9.17) is 5.73 Å². The molecule has 2 fully saturated rings. The third-order valence-corrected chi connectivity index (χ3v) is 6.06. The van der Waals surface area contributed by atoms with E-state index in [0.717, 1.165) is 0 Å². The topological polar surface area (TPSA) is 168 Å². The van der Waals surface area contributed by atoms with E-state index in [-0.39, 0.29) is 11.7 Å². The van der Waals surface area contributed by atoms with Crippen molar-refractivity contribution in [3.8, 4) is 0 Å². The number of anilines is 1. The summed E-state index contributed by atoms with van der Waals surface area (Å²) in [6.07, 6.45) is 0.367. The van der Waals surface area contributed by atoms with Gasteiger partial charge in [-0.1, -0.05) is 0 Å². The van der Waals surface area contributed by atoms with Gasteiger partial charge in [0.2, 0.25) is 0 Å². The SMILES string of the molecule is Nc1ncnc2c1ncn2[C@H]1[C@H](O)[C@H](O)[C@@]2(CP(=O)(O)O)C[C@H]12. The zero-order chi connectivity index (χ0) is 16.6. The fourth-order valence-corrected chi connectivity index (χ4v) is 5.34. The van der Waals surface area contributed by atoms with Crippen molar-refractivity contribution in [3.63, 3.8) is 0 Å². The van der Waals surface area contributed by atoms with E-state index in [2.05, 4.69) is 15.0 Å². The van der Waals surface area contributed by atoms with Crippen LogP contribution < -0.4 is 5.73 Å². The third-order valence-electron chi connectivity index (χ3n) is 5.06. The van der Waals surface area contributed by atoms with Crippen LogP contribution >= 0.6 is 7.60 Å². The number of aromatic nitrogens is 4. The first-order valence-corrected chi connectivity index (χ1v) is 8.88. The van der Waals surface area contributed by atoms with Crippen LogP contribution in [0.15, 0.2) is 12.7 Å². The Morgan fingerprint density at radius 2 is 2.09 bits per heavy atom. The van der Waals surface area contributed by atoms with Gasteiger partial charge in [-0.05, 0) is 12.3 Å². The molecule has 0 radical (unpaired) electrons. The normalized spacial score (nSPS) is 36.3. The van der Waals surface area contributed by atoms with E-state index in [1.54, 1.807) is 4.57 Å². The fourth-order valence-electron chi connectivity index (χ4n) is 4.02. The summed E-state index contributed by atoms with van der Waals surface area (Å²) < 4.78 is 13.0. The summed E-state index contributed by atoms with van der Waals surface area (Å²) in [4.78, 5) is 30.6. The molecule has 4 rings (SSSR count). The Bertz CT molecular complexity index is 836. The molecular weight excluding hydrogens is 325 g/mol. The second kappa shape index (κ2) is 4.49. The molecule has 0 saturated heterocycles. The molecule has 2 heterocycles. The van der Waals surface area contributed by atoms with Crippen molar-refractivity contribution >= 4 is 24.6 Å². The van der Waals surface area contributed by atoms with E-state index in [1.807, 2.05) is 0 Å². The molecule has 23 heavy (non-hydrogen) atoms. The molecule has 0 aliphatic heterocycles. The van der Waals surface area contributed by atoms with Crippen LogP contribution in [0.1, 0.15) is 12.5 Å². The van der Waals surface area contributed by atoms with E-state index < -0.39 is 37.4 Å². The first-order chi connectivity index (χ1) is 10.7. The van der Waals surface area contributed by atoms with Crippen molar-refractivity contribution < 1.29 is 24.6 Å². The van der Waals surface area contributed by atoms with Gasteiger partial charge in [0.05, 0.1) is 24.6 Å². The molecule has 0 spiro atoms. The standard InChI is InChI=1S/C12H16N5O5P/c13-10-6-11(15-3-14-10)17(4-16-6)7-5-1-12(5,2-23(20,21)22)9(19)8(7)18/h3-5,7-9,18-19H,1-2H2,(H2,13,14,15)(H2,20,21,22)/t5-,7-,8+,9+,12-/m1/s1. The molecular formula is C12H16N5O5P. The predicted octanol–water partition coefficient (Wildman–Crippen LogP) is -1.13. The molecule has 2 saturated carbocycles. The highest BCUT2D eigenvalue weighted by molar-refractivity contribution is 7.51. The van der Waals surface area contributed by atoms with Crippen LogP contribution in [0.4, 0.5) is 5.82 Å². The van der Waals surface area contributed by atoms with Gasteiger partial charge in [-0.2, -0.15) is 0 Å². The third kappa shape index (κ3) is 2.03. The maximum atomic E-state index is 11.4. The summed E-state index contributed by atoms with van der Waals surface area (Å²) in [5.74, 6) is -0.0484. The summed E-state index contributed by atoms with van der Waals surface area (Å²) in [6, 6.07) is -0.559. The molecule has 0 unspecified atom stereocenters. The van der Waals surface area contributed by atoms with Crippen LogP contribution in [0, 0.1) is 11.3 Å². The van der Waals surface area contributed by atoms with Crippen LogP contribution in [-0.2, 0) is 4.57 Å². The van der Waals surface area contributed by atoms with Crippen molar-refractivity contribution in [3.05, 3.63) is 12.7 Å². The smallest absolute Gasteiger partial charge is 0.326 e. The number of fused-ring (bicyclic) bond motifs is 2. The summed E-state index contributed by atoms with van der Waals surface area (Å²) in [5, 5.41) is 20.7. The molecule has 11 heteroatoms. The summed E-state index contributed by atoms with van der Waals surface area (Å²) in [7, 11) is -4.30. The van der Waals surface area contributed by atoms with E-state index in [0.29, 0.717) is 17.6 Å². The van der Waals surface area contributed by atoms with Gasteiger partial charge < -0.3 is 30.3 Å². The molecule has 124 valence electrons. The number of nitrogen functional groups attached to an aromatic ring is 1. The van der Waals surface area contributed by atoms with Crippen molar-refractivity contribution in [2.24, 2.45) is 11.3 Å². The first kappa shape index (κ1) is 15.0. The number of aliphatic hydroxyl groups is 2. The Balaban J connectivity index is 1.76. The molecule has 2 aliphatic carbocycles. The number of aliphatic hydroxyl groups excluding tert-OH is 2. The molecule has 0 aromatic carbocycles. The van der Waals surface area contributed by atoms with Crippen LogP contribution in [0.2, 0.25) is 0 Å². The van der Waals surface area contributed by atoms with Crippen LogP contribution in [0.25, 0.3) is 11.2 Å². The molecule has 10 nitrogen and oxygen atoms in total. The van der Waals surface area contributed by atoms with Crippen molar-refractivity contribution in [1.82, 2.24) is 19.5 Å². The zero-order valence-electron chi connectivity index (χ0n) is 11.9. The average molecular weight is 341 g/mol. The molecule has 6 N–H and O–H groups in total. The predicted molar refractivity (Wildman–Crippen MR) is 78.2 cm³/mol. The number of rotatable bonds is 3. The van der Waals surface area contributed by atoms with Gasteiger partial charge in [-0.15, -0.1) is 0 Å². The lowest BCUT2D eigenvalue weighted by Crippen LogP contribution is -2.35. The van der Waals surface area contributed by atoms with E-state index in [1.165, 1.54) is 12.7 Å². The van der Waals surface area contributed by atoms with Gasteiger partial charge in [0.1, 0.15) is 17.9 Å². The van der Waals surface area contributed by atoms with Crippen molar-refractivity contribution in [2.45, 2.75) is 24.7 Å². The minimum absolute atomic E-state index is 0.207. The van der Waals surface area contributed by atoms with Gasteiger partial charge in [-0.25, -0.2) is 15.0 Å². The highest BCUT2D eigenvalue weighted by Crippen LogP contribution is 2.71. The lowest BCUT2D eigenvalue weighted by Gasteiger charge is -2.24. The highest BCUT2D eigenvalue weighted by Gasteiger charge is 2.72. The van der Waals surface area contributed by atoms with Crippen LogP contribution in [0.3, 0.4) is 0 Å². The van der Waals surface area contributed by atoms with E-state index >= 15 is 0 Å². The second-order valence-electron chi connectivity index (χ2n) is 6.38. The Morgan fingerprint density at radius 3 is 2.78 bits per heavy atom. The Kier molecular flexibility index (Phi) is 2.92. The van der Waals surface area contributed by atoms with Crippen molar-refractivity contribution in [1.29, 1.82) is 0 Å². The minimum atomic E-state index is -4.30. The van der Waals surface area contributed by atoms with Crippen LogP contribution in [0.5, 0.6) is 0 Å². The molecule has 0 amide bonds. The van der Waals surface area contributed by atoms with Crippen LogP contribution in [-0.4, -0.2) is 57.9 Å². The van der Waals surface area contributed by atoms with Crippen molar-refractivity contribution in [2.75, 3.05) is 11.9 Å². The quantitative estimate of drug-likeness (QED) is 0.434. The van der Waals surface area contributed by atoms with Gasteiger partial charge >= 0.3 is 7.60 Å². The number of imidazole rings is 1. The largest absolute Gasteiger partial charge is 0.390 e. The summed E-state index contributed by atoms with van der Waals surface area (Å²) in [6.45, 7) is 0. The Morgan fingerprint density at radius 1 is 1.35 bits per heavy atom. The minimum Gasteiger partial charge on any atom is -0.390 e. The first-order valence-electron chi connectivity index (χ1n) is 7.08. The molecule has 2 aromatic rings. The fraction of sp³-hybridized carbons (Fsp3) is 0.583. The second-order valence-corrected chi connectivity index (χ2v) is 8.02. The number of nitrogens with two attached hydrogens (primary N) is 1. The lowest BCUT2D eigenvalue weighted by atomic mass is 10.0.